The maximum atomic E-state index is 13.6. The predicted molar refractivity (Wildman–Crippen MR) is 178 cm³/mol. The van der Waals surface area contributed by atoms with Gasteiger partial charge in [-0.15, -0.1) is 0 Å². The van der Waals surface area contributed by atoms with E-state index in [2.05, 4.69) is 37.5 Å². The molecule has 1 aromatic heterocycles. The minimum absolute atomic E-state index is 0.0260. The molecule has 44 heavy (non-hydrogen) atoms. The highest BCUT2D eigenvalue weighted by Gasteiger charge is 2.33. The molecule has 6 heteroatoms. The Labute approximate surface area is 265 Å². The lowest BCUT2D eigenvalue weighted by molar-refractivity contribution is 0.0950. The number of carbonyl (C=O) groups excluding carboxylic acids is 2. The minimum Gasteiger partial charge on any atom is -0.451 e. The Morgan fingerprint density at radius 1 is 0.864 bits per heavy atom. The summed E-state index contributed by atoms with van der Waals surface area (Å²) in [5, 5.41) is 6.91. The number of rotatable bonds is 9. The Kier molecular flexibility index (Phi) is 8.95. The van der Waals surface area contributed by atoms with E-state index in [-0.39, 0.29) is 17.6 Å². The van der Waals surface area contributed by atoms with Crippen LogP contribution in [0.25, 0.3) is 22.5 Å². The van der Waals surface area contributed by atoms with Crippen LogP contribution in [0.5, 0.6) is 0 Å². The molecule has 3 atom stereocenters. The van der Waals surface area contributed by atoms with Crippen molar-refractivity contribution in [2.45, 2.75) is 58.8 Å². The number of anilines is 1. The molecule has 2 N–H and O–H groups in total. The fraction of sp³-hybridized carbons (Fsp3) is 0.368. The first-order chi connectivity index (χ1) is 21.3. The van der Waals surface area contributed by atoms with Gasteiger partial charge in [-0.3, -0.25) is 9.59 Å². The fourth-order valence-electron chi connectivity index (χ4n) is 6.91. The lowest BCUT2D eigenvalue weighted by Gasteiger charge is -2.38. The smallest absolute Gasteiger partial charge is 0.291 e. The summed E-state index contributed by atoms with van der Waals surface area (Å²) < 4.78 is 5.98. The summed E-state index contributed by atoms with van der Waals surface area (Å²) in [7, 11) is 0. The van der Waals surface area contributed by atoms with E-state index in [1.54, 1.807) is 18.2 Å². The Hall–Kier alpha value is -3.83. The number of hydrogen-bond donors (Lipinski definition) is 2. The lowest BCUT2D eigenvalue weighted by Crippen LogP contribution is -2.26. The second-order valence-electron chi connectivity index (χ2n) is 13.0. The van der Waals surface area contributed by atoms with Gasteiger partial charge in [0.25, 0.3) is 11.8 Å². The van der Waals surface area contributed by atoms with E-state index < -0.39 is 0 Å². The van der Waals surface area contributed by atoms with E-state index in [1.165, 1.54) is 12.8 Å². The van der Waals surface area contributed by atoms with Crippen molar-refractivity contribution in [1.29, 1.82) is 0 Å². The van der Waals surface area contributed by atoms with Crippen molar-refractivity contribution in [3.8, 4) is 22.5 Å². The van der Waals surface area contributed by atoms with Crippen LogP contribution in [-0.2, 0) is 0 Å². The van der Waals surface area contributed by atoms with Gasteiger partial charge in [-0.05, 0) is 133 Å². The molecule has 0 saturated heterocycles. The summed E-state index contributed by atoms with van der Waals surface area (Å²) in [6.45, 7) is 7.77. The quantitative estimate of drug-likeness (QED) is 0.199. The third-order valence-corrected chi connectivity index (χ3v) is 9.77. The van der Waals surface area contributed by atoms with Crippen LogP contribution in [0.2, 0.25) is 5.02 Å². The van der Waals surface area contributed by atoms with E-state index in [9.17, 15) is 9.59 Å². The van der Waals surface area contributed by atoms with Crippen molar-refractivity contribution in [2.75, 3.05) is 11.9 Å². The van der Waals surface area contributed by atoms with Crippen LogP contribution in [0, 0.1) is 23.7 Å². The lowest BCUT2D eigenvalue weighted by atomic mass is 9.68. The van der Waals surface area contributed by atoms with Gasteiger partial charge < -0.3 is 15.1 Å². The van der Waals surface area contributed by atoms with Crippen molar-refractivity contribution in [1.82, 2.24) is 5.32 Å². The van der Waals surface area contributed by atoms with E-state index >= 15 is 0 Å². The molecule has 0 aliphatic heterocycles. The predicted octanol–water partition coefficient (Wildman–Crippen LogP) is 9.83. The highest BCUT2D eigenvalue weighted by molar-refractivity contribution is 6.30. The van der Waals surface area contributed by atoms with Gasteiger partial charge in [0.05, 0.1) is 0 Å². The second-order valence-corrected chi connectivity index (χ2v) is 13.5. The molecule has 1 heterocycles. The molecule has 0 bridgehead atoms. The molecular weight excluding hydrogens is 568 g/mol. The molecule has 0 radical (unpaired) electrons. The molecule has 2 fully saturated rings. The zero-order valence-electron chi connectivity index (χ0n) is 25.7. The van der Waals surface area contributed by atoms with Gasteiger partial charge in [-0.25, -0.2) is 0 Å². The number of hydrogen-bond acceptors (Lipinski definition) is 3. The van der Waals surface area contributed by atoms with Crippen LogP contribution in [-0.4, -0.2) is 18.4 Å². The zero-order valence-corrected chi connectivity index (χ0v) is 26.5. The van der Waals surface area contributed by atoms with Crippen LogP contribution in [0.15, 0.2) is 83.3 Å². The monoisotopic (exact) mass is 608 g/mol. The summed E-state index contributed by atoms with van der Waals surface area (Å²) in [5.41, 5.74) is 5.62. The maximum Gasteiger partial charge on any atom is 0.291 e. The maximum absolute atomic E-state index is 13.6. The summed E-state index contributed by atoms with van der Waals surface area (Å²) >= 11 is 6.05. The van der Waals surface area contributed by atoms with Crippen molar-refractivity contribution < 1.29 is 14.0 Å². The van der Waals surface area contributed by atoms with E-state index in [1.807, 2.05) is 54.6 Å². The Balaban J connectivity index is 1.29. The van der Waals surface area contributed by atoms with E-state index in [4.69, 9.17) is 16.0 Å². The first kappa shape index (κ1) is 30.2. The van der Waals surface area contributed by atoms with Crippen LogP contribution in [0.3, 0.4) is 0 Å². The molecule has 6 rings (SSSR count). The van der Waals surface area contributed by atoms with Crippen LogP contribution in [0.4, 0.5) is 5.69 Å². The average Bonchev–Trinajstić information content (AvgIpc) is 3.73. The number of halogens is 1. The van der Waals surface area contributed by atoms with Gasteiger partial charge >= 0.3 is 0 Å². The van der Waals surface area contributed by atoms with Gasteiger partial charge in [0.2, 0.25) is 0 Å². The topological polar surface area (TPSA) is 71.3 Å². The van der Waals surface area contributed by atoms with Crippen molar-refractivity contribution in [3.05, 3.63) is 101 Å². The van der Waals surface area contributed by atoms with Crippen molar-refractivity contribution in [2.24, 2.45) is 23.7 Å². The molecule has 2 saturated carbocycles. The molecule has 5 nitrogen and oxygen atoms in total. The third kappa shape index (κ3) is 6.78. The number of amides is 2. The molecule has 2 amide bonds. The van der Waals surface area contributed by atoms with E-state index in [0.29, 0.717) is 45.9 Å². The van der Waals surface area contributed by atoms with Crippen LogP contribution in [0.1, 0.15) is 85.3 Å². The summed E-state index contributed by atoms with van der Waals surface area (Å²) in [6, 6.07) is 24.9. The molecule has 228 valence electrons. The van der Waals surface area contributed by atoms with Gasteiger partial charge in [0, 0.05) is 28.4 Å². The average molecular weight is 609 g/mol. The standard InChI is InChI=1S/C38H41ClN2O3/c1-23(2)31-18-15-29(21-24(31)3)36-32(26-9-11-28(12-10-26)37(42)40-22-25-7-8-25)5-4-6-33(36)41-38(43)35-20-19-34(44-35)27-13-16-30(39)17-14-27/h4-6,9-14,16-17,19-20,23-25,29,31H,7-8,15,18,21-22H2,1-3H3,(H,40,42)(H,41,43). The van der Waals surface area contributed by atoms with Crippen LogP contribution >= 0.6 is 11.6 Å². The molecule has 3 unspecified atom stereocenters. The number of nitrogens with one attached hydrogen (secondary N) is 2. The van der Waals surface area contributed by atoms with Gasteiger partial charge in [-0.1, -0.05) is 56.6 Å². The normalized spacial score (nSPS) is 20.0. The highest BCUT2D eigenvalue weighted by Crippen LogP contribution is 2.47. The SMILES string of the molecule is CC(C)C1CCC(c2c(NC(=O)c3ccc(-c4ccc(Cl)cc4)o3)cccc2-c2ccc(C(=O)NCC3CC3)cc2)CC1C. The summed E-state index contributed by atoms with van der Waals surface area (Å²) in [5.74, 6) is 3.41. The number of carbonyl (C=O) groups is 2. The molecule has 0 spiro atoms. The minimum atomic E-state index is -0.282. The molecule has 2 aliphatic rings. The van der Waals surface area contributed by atoms with Gasteiger partial charge in [-0.2, -0.15) is 0 Å². The second kappa shape index (κ2) is 13.0. The van der Waals surface area contributed by atoms with E-state index in [0.717, 1.165) is 53.7 Å². The van der Waals surface area contributed by atoms with Gasteiger partial charge in [0.1, 0.15) is 5.76 Å². The molecular formula is C38H41ClN2O3. The molecule has 4 aromatic rings. The van der Waals surface area contributed by atoms with Crippen molar-refractivity contribution in [3.63, 3.8) is 0 Å². The summed E-state index contributed by atoms with van der Waals surface area (Å²) in [4.78, 5) is 26.3. The Bertz CT molecular complexity index is 1620. The first-order valence-corrected chi connectivity index (χ1v) is 16.3. The highest BCUT2D eigenvalue weighted by atomic mass is 35.5. The summed E-state index contributed by atoms with van der Waals surface area (Å²) in [6.07, 6.45) is 5.70. The van der Waals surface area contributed by atoms with Crippen LogP contribution < -0.4 is 10.6 Å². The fourth-order valence-corrected chi connectivity index (χ4v) is 7.04. The molecule has 3 aromatic carbocycles. The third-order valence-electron chi connectivity index (χ3n) is 9.52. The largest absolute Gasteiger partial charge is 0.451 e. The number of benzene rings is 3. The number of furan rings is 1. The zero-order chi connectivity index (χ0) is 30.8. The Morgan fingerprint density at radius 3 is 2.27 bits per heavy atom. The Morgan fingerprint density at radius 2 is 1.59 bits per heavy atom. The van der Waals surface area contributed by atoms with Crippen molar-refractivity contribution >= 4 is 29.1 Å². The van der Waals surface area contributed by atoms with Gasteiger partial charge in [0.15, 0.2) is 5.76 Å². The molecule has 2 aliphatic carbocycles. The first-order valence-electron chi connectivity index (χ1n) is 16.0.